The van der Waals surface area contributed by atoms with E-state index < -0.39 is 11.4 Å². The number of aryl methyl sites for hydroxylation is 2. The summed E-state index contributed by atoms with van der Waals surface area (Å²) in [6.07, 6.45) is 2.54. The van der Waals surface area contributed by atoms with Crippen LogP contribution in [0.2, 0.25) is 0 Å². The van der Waals surface area contributed by atoms with E-state index in [1.807, 2.05) is 61.0 Å². The van der Waals surface area contributed by atoms with Gasteiger partial charge in [-0.15, -0.1) is 5.92 Å². The molecule has 0 amide bonds. The number of nitrogens with zero attached hydrogens (tertiary/aromatic N) is 4. The molecular formula is C36H40N4O4. The van der Waals surface area contributed by atoms with Crippen LogP contribution in [0.4, 0.5) is 0 Å². The van der Waals surface area contributed by atoms with Gasteiger partial charge in [0.25, 0.3) is 0 Å². The molecule has 8 heteroatoms. The monoisotopic (exact) mass is 592 g/mol. The van der Waals surface area contributed by atoms with Crippen molar-refractivity contribution in [2.24, 2.45) is 5.41 Å². The zero-order valence-corrected chi connectivity index (χ0v) is 26.6. The topological polar surface area (TPSA) is 110 Å². The number of ether oxygens (including phenoxy) is 2. The van der Waals surface area contributed by atoms with E-state index >= 15 is 0 Å². The lowest BCUT2D eigenvalue weighted by Crippen LogP contribution is -2.13. The second-order valence-corrected chi connectivity index (χ2v) is 12.1. The predicted molar refractivity (Wildman–Crippen MR) is 171 cm³/mol. The number of hydrogen-bond donors (Lipinski definition) is 1. The number of fused-ring (bicyclic) bond motifs is 1. The minimum atomic E-state index is -0.884. The molecule has 1 N–H and O–H groups in total. The van der Waals surface area contributed by atoms with Crippen molar-refractivity contribution in [1.29, 1.82) is 5.26 Å². The fraction of sp³-hybridized carbons (Fsp3) is 0.389. The highest BCUT2D eigenvalue weighted by Crippen LogP contribution is 2.35. The van der Waals surface area contributed by atoms with E-state index in [2.05, 4.69) is 51.7 Å². The average molecular weight is 593 g/mol. The smallest absolute Gasteiger partial charge is 0.304 e. The van der Waals surface area contributed by atoms with Crippen LogP contribution in [0.3, 0.4) is 0 Å². The highest BCUT2D eigenvalue weighted by Gasteiger charge is 2.20. The number of aliphatic carboxylic acids is 1. The van der Waals surface area contributed by atoms with Gasteiger partial charge in [-0.3, -0.25) is 4.79 Å². The number of nitriles is 1. The number of benzene rings is 2. The summed E-state index contributed by atoms with van der Waals surface area (Å²) in [5.41, 5.74) is 6.24. The Bertz CT molecular complexity index is 1730. The minimum Gasteiger partial charge on any atom is -0.494 e. The first-order valence-corrected chi connectivity index (χ1v) is 14.8. The summed E-state index contributed by atoms with van der Waals surface area (Å²) in [6.45, 7) is 14.6. The Morgan fingerprint density at radius 2 is 1.75 bits per heavy atom. The van der Waals surface area contributed by atoms with E-state index in [0.29, 0.717) is 25.4 Å². The van der Waals surface area contributed by atoms with Crippen LogP contribution in [-0.4, -0.2) is 32.3 Å². The maximum atomic E-state index is 11.3. The van der Waals surface area contributed by atoms with Gasteiger partial charge in [-0.2, -0.15) is 10.4 Å². The van der Waals surface area contributed by atoms with Gasteiger partial charge >= 0.3 is 5.97 Å². The molecule has 44 heavy (non-hydrogen) atoms. The molecule has 0 radical (unpaired) electrons. The lowest BCUT2D eigenvalue weighted by Gasteiger charge is -2.18. The Balaban J connectivity index is 1.63. The normalized spacial score (nSPS) is 12.0. The first-order chi connectivity index (χ1) is 20.9. The molecular weight excluding hydrogens is 552 g/mol. The van der Waals surface area contributed by atoms with E-state index in [0.717, 1.165) is 50.6 Å². The Morgan fingerprint density at radius 3 is 2.34 bits per heavy atom. The van der Waals surface area contributed by atoms with Crippen molar-refractivity contribution in [3.05, 3.63) is 76.7 Å². The number of hydrogen-bond acceptors (Lipinski definition) is 6. The standard InChI is InChI=1S/C36H40N4O4/c1-8-9-28(19-32(41)42)27-10-12-29(13-11-27)44-21-26-18-31(35-38-34(23(2)3)39-40(35)20-26)33-24(4)16-30(17-25(33)5)43-15-14-36(6,7)22-37/h10-13,16-18,20,23,28H,14-15,19,21H2,1-7H3,(H,41,42)/t28-/m0/s1. The van der Waals surface area contributed by atoms with Crippen molar-refractivity contribution in [3.8, 4) is 40.5 Å². The number of aromatic nitrogens is 3. The second-order valence-electron chi connectivity index (χ2n) is 12.1. The Morgan fingerprint density at radius 1 is 1.07 bits per heavy atom. The van der Waals surface area contributed by atoms with Crippen LogP contribution in [0.25, 0.3) is 16.8 Å². The Labute approximate surface area is 259 Å². The van der Waals surface area contributed by atoms with Crippen molar-refractivity contribution >= 4 is 11.6 Å². The molecule has 0 fully saturated rings. The van der Waals surface area contributed by atoms with Crippen molar-refractivity contribution in [2.75, 3.05) is 6.61 Å². The third-order valence-corrected chi connectivity index (χ3v) is 7.48. The Hall–Kier alpha value is -4.82. The van der Waals surface area contributed by atoms with Crippen LogP contribution in [-0.2, 0) is 11.4 Å². The molecule has 4 aromatic rings. The molecule has 0 saturated carbocycles. The SMILES string of the molecule is CC#C[C@@H](CC(=O)O)c1ccc(OCc2cc(-c3c(C)cc(OCCC(C)(C)C#N)cc3C)c3nc(C(C)C)nn3c2)cc1. The molecule has 4 rings (SSSR count). The van der Waals surface area contributed by atoms with Crippen molar-refractivity contribution in [2.45, 2.75) is 79.8 Å². The molecule has 0 bridgehead atoms. The summed E-state index contributed by atoms with van der Waals surface area (Å²) in [5, 5.41) is 23.3. The largest absolute Gasteiger partial charge is 0.494 e. The van der Waals surface area contributed by atoms with Gasteiger partial charge in [0, 0.05) is 23.2 Å². The first-order valence-electron chi connectivity index (χ1n) is 14.8. The van der Waals surface area contributed by atoms with E-state index in [-0.39, 0.29) is 18.3 Å². The highest BCUT2D eigenvalue weighted by molar-refractivity contribution is 5.82. The maximum absolute atomic E-state index is 11.3. The number of rotatable bonds is 12. The molecule has 2 heterocycles. The van der Waals surface area contributed by atoms with Gasteiger partial charge in [-0.05, 0) is 93.6 Å². The number of pyridine rings is 1. The molecule has 0 aliphatic rings. The van der Waals surface area contributed by atoms with Gasteiger partial charge < -0.3 is 14.6 Å². The molecule has 0 aliphatic carbocycles. The number of carboxylic acid groups (broad SMARTS) is 1. The Kier molecular flexibility index (Phi) is 9.96. The second kappa shape index (κ2) is 13.7. The molecule has 228 valence electrons. The van der Waals surface area contributed by atoms with Crippen LogP contribution < -0.4 is 9.47 Å². The third kappa shape index (κ3) is 7.76. The summed E-state index contributed by atoms with van der Waals surface area (Å²) in [7, 11) is 0. The van der Waals surface area contributed by atoms with Gasteiger partial charge in [-0.1, -0.05) is 31.9 Å². The molecule has 0 saturated heterocycles. The summed E-state index contributed by atoms with van der Waals surface area (Å²) in [5.74, 6) is 6.93. The zero-order valence-electron chi connectivity index (χ0n) is 26.6. The summed E-state index contributed by atoms with van der Waals surface area (Å²) >= 11 is 0. The van der Waals surface area contributed by atoms with Crippen LogP contribution >= 0.6 is 0 Å². The van der Waals surface area contributed by atoms with Crippen molar-refractivity contribution in [1.82, 2.24) is 14.6 Å². The van der Waals surface area contributed by atoms with Gasteiger partial charge in [0.1, 0.15) is 18.1 Å². The van der Waals surface area contributed by atoms with Crippen LogP contribution in [0.5, 0.6) is 11.5 Å². The fourth-order valence-corrected chi connectivity index (χ4v) is 5.04. The molecule has 0 spiro atoms. The molecule has 0 aliphatic heterocycles. The van der Waals surface area contributed by atoms with Gasteiger partial charge in [0.05, 0.1) is 30.4 Å². The third-order valence-electron chi connectivity index (χ3n) is 7.48. The quantitative estimate of drug-likeness (QED) is 0.169. The number of carboxylic acids is 1. The molecule has 2 aromatic carbocycles. The minimum absolute atomic E-state index is 0.0502. The molecule has 1 atom stereocenters. The zero-order chi connectivity index (χ0) is 32.0. The van der Waals surface area contributed by atoms with Crippen molar-refractivity contribution in [3.63, 3.8) is 0 Å². The lowest BCUT2D eigenvalue weighted by atomic mass is 9.92. The molecule has 0 unspecified atom stereocenters. The molecule has 2 aromatic heterocycles. The molecule has 8 nitrogen and oxygen atoms in total. The summed E-state index contributed by atoms with van der Waals surface area (Å²) in [4.78, 5) is 16.2. The van der Waals surface area contributed by atoms with Gasteiger partial charge in [0.15, 0.2) is 11.5 Å². The highest BCUT2D eigenvalue weighted by atomic mass is 16.5. The van der Waals surface area contributed by atoms with Crippen LogP contribution in [0.1, 0.15) is 87.4 Å². The van der Waals surface area contributed by atoms with Gasteiger partial charge in [-0.25, -0.2) is 9.50 Å². The maximum Gasteiger partial charge on any atom is 0.304 e. The van der Waals surface area contributed by atoms with E-state index in [9.17, 15) is 15.2 Å². The first kappa shape index (κ1) is 32.1. The average Bonchev–Trinajstić information content (AvgIpc) is 3.40. The fourth-order valence-electron chi connectivity index (χ4n) is 5.04. The lowest BCUT2D eigenvalue weighted by molar-refractivity contribution is -0.137. The van der Waals surface area contributed by atoms with Crippen LogP contribution in [0, 0.1) is 42.4 Å². The van der Waals surface area contributed by atoms with Gasteiger partial charge in [0.2, 0.25) is 0 Å². The van der Waals surface area contributed by atoms with Crippen LogP contribution in [0.15, 0.2) is 48.7 Å². The van der Waals surface area contributed by atoms with E-state index in [1.54, 1.807) is 6.92 Å². The van der Waals surface area contributed by atoms with E-state index in [1.165, 1.54) is 0 Å². The summed E-state index contributed by atoms with van der Waals surface area (Å²) in [6, 6.07) is 15.9. The van der Waals surface area contributed by atoms with E-state index in [4.69, 9.17) is 19.6 Å². The number of carbonyl (C=O) groups is 1. The van der Waals surface area contributed by atoms with Crippen molar-refractivity contribution < 1.29 is 19.4 Å². The predicted octanol–water partition coefficient (Wildman–Crippen LogP) is 7.62. The summed E-state index contributed by atoms with van der Waals surface area (Å²) < 4.78 is 14.0.